The van der Waals surface area contributed by atoms with Crippen LogP contribution in [0.2, 0.25) is 0 Å². The van der Waals surface area contributed by atoms with E-state index in [-0.39, 0.29) is 13.2 Å². The molecule has 1 aliphatic heterocycles. The number of hydrogen-bond donors (Lipinski definition) is 0. The van der Waals surface area contributed by atoms with Crippen molar-refractivity contribution in [2.75, 3.05) is 24.6 Å². The standard InChI is InChI=1S/C14H13F3N2O/c15-14(16,17)13-9-19(7-8-20-13)12-5-6-18-11-4-2-1-3-10(11)12/h1-6,13H,7-9H2. The van der Waals surface area contributed by atoms with Crippen LogP contribution in [0.15, 0.2) is 36.5 Å². The van der Waals surface area contributed by atoms with Crippen molar-refractivity contribution in [3.05, 3.63) is 36.5 Å². The second kappa shape index (κ2) is 4.94. The zero-order valence-corrected chi connectivity index (χ0v) is 10.6. The predicted molar refractivity (Wildman–Crippen MR) is 69.8 cm³/mol. The Bertz CT molecular complexity index is 609. The number of anilines is 1. The quantitative estimate of drug-likeness (QED) is 0.804. The Labute approximate surface area is 114 Å². The molecular formula is C14H13F3N2O. The number of halogens is 3. The van der Waals surface area contributed by atoms with Crippen LogP contribution in [-0.4, -0.2) is 37.0 Å². The fourth-order valence-corrected chi connectivity index (χ4v) is 2.42. The normalized spacial score (nSPS) is 20.4. The van der Waals surface area contributed by atoms with Crippen LogP contribution < -0.4 is 4.90 Å². The van der Waals surface area contributed by atoms with Crippen LogP contribution >= 0.6 is 0 Å². The monoisotopic (exact) mass is 282 g/mol. The maximum absolute atomic E-state index is 12.8. The van der Waals surface area contributed by atoms with Gasteiger partial charge in [-0.25, -0.2) is 0 Å². The summed E-state index contributed by atoms with van der Waals surface area (Å²) >= 11 is 0. The van der Waals surface area contributed by atoms with Gasteiger partial charge in [0.2, 0.25) is 0 Å². The van der Waals surface area contributed by atoms with E-state index in [1.54, 1.807) is 17.2 Å². The third-order valence-corrected chi connectivity index (χ3v) is 3.40. The van der Waals surface area contributed by atoms with Crippen molar-refractivity contribution in [1.29, 1.82) is 0 Å². The van der Waals surface area contributed by atoms with Gasteiger partial charge in [0, 0.05) is 23.8 Å². The van der Waals surface area contributed by atoms with Crippen molar-refractivity contribution in [2.24, 2.45) is 0 Å². The summed E-state index contributed by atoms with van der Waals surface area (Å²) in [6.45, 7) is 0.332. The molecule has 1 aliphatic rings. The molecule has 1 unspecified atom stereocenters. The van der Waals surface area contributed by atoms with Gasteiger partial charge in [0.25, 0.3) is 0 Å². The van der Waals surface area contributed by atoms with Gasteiger partial charge in [-0.1, -0.05) is 18.2 Å². The third-order valence-electron chi connectivity index (χ3n) is 3.40. The second-order valence-corrected chi connectivity index (χ2v) is 4.69. The summed E-state index contributed by atoms with van der Waals surface area (Å²) in [5.41, 5.74) is 1.55. The molecule has 1 fully saturated rings. The highest BCUT2D eigenvalue weighted by molar-refractivity contribution is 5.91. The molecule has 1 saturated heterocycles. The van der Waals surface area contributed by atoms with E-state index in [0.717, 1.165) is 16.6 Å². The Balaban J connectivity index is 1.95. The Hall–Kier alpha value is -1.82. The molecule has 3 nitrogen and oxygen atoms in total. The lowest BCUT2D eigenvalue weighted by molar-refractivity contribution is -0.221. The Kier molecular flexibility index (Phi) is 3.25. The van der Waals surface area contributed by atoms with Crippen LogP contribution in [0.3, 0.4) is 0 Å². The molecule has 1 atom stereocenters. The van der Waals surface area contributed by atoms with E-state index in [2.05, 4.69) is 4.98 Å². The second-order valence-electron chi connectivity index (χ2n) is 4.69. The summed E-state index contributed by atoms with van der Waals surface area (Å²) in [5.74, 6) is 0. The van der Waals surface area contributed by atoms with Gasteiger partial charge in [0.1, 0.15) is 0 Å². The number of alkyl halides is 3. The third kappa shape index (κ3) is 2.43. The van der Waals surface area contributed by atoms with Crippen molar-refractivity contribution in [1.82, 2.24) is 4.98 Å². The van der Waals surface area contributed by atoms with E-state index in [1.807, 2.05) is 24.3 Å². The van der Waals surface area contributed by atoms with Crippen LogP contribution in [-0.2, 0) is 4.74 Å². The summed E-state index contributed by atoms with van der Waals surface area (Å²) in [7, 11) is 0. The van der Waals surface area contributed by atoms with Crippen molar-refractivity contribution >= 4 is 16.6 Å². The molecule has 0 saturated carbocycles. The first-order valence-corrected chi connectivity index (χ1v) is 6.33. The molecule has 0 amide bonds. The van der Waals surface area contributed by atoms with Gasteiger partial charge in [-0.3, -0.25) is 4.98 Å². The highest BCUT2D eigenvalue weighted by Crippen LogP contribution is 2.31. The summed E-state index contributed by atoms with van der Waals surface area (Å²) < 4.78 is 43.2. The van der Waals surface area contributed by atoms with Crippen LogP contribution in [0.1, 0.15) is 0 Å². The molecule has 20 heavy (non-hydrogen) atoms. The van der Waals surface area contributed by atoms with Crippen molar-refractivity contribution < 1.29 is 17.9 Å². The molecule has 6 heteroatoms. The van der Waals surface area contributed by atoms with Crippen LogP contribution in [0.4, 0.5) is 18.9 Å². The van der Waals surface area contributed by atoms with Crippen molar-refractivity contribution in [3.8, 4) is 0 Å². The molecule has 1 aromatic carbocycles. The molecule has 106 valence electrons. The maximum Gasteiger partial charge on any atom is 0.416 e. The van der Waals surface area contributed by atoms with E-state index in [4.69, 9.17) is 4.74 Å². The molecular weight excluding hydrogens is 269 g/mol. The Morgan fingerprint density at radius 1 is 1.20 bits per heavy atom. The first-order chi connectivity index (χ1) is 9.55. The smallest absolute Gasteiger partial charge is 0.366 e. The van der Waals surface area contributed by atoms with Crippen molar-refractivity contribution in [3.63, 3.8) is 0 Å². The van der Waals surface area contributed by atoms with E-state index >= 15 is 0 Å². The lowest BCUT2D eigenvalue weighted by Crippen LogP contribution is -2.49. The number of nitrogens with zero attached hydrogens (tertiary/aromatic N) is 2. The number of fused-ring (bicyclic) bond motifs is 1. The number of ether oxygens (including phenoxy) is 1. The number of para-hydroxylation sites is 1. The predicted octanol–water partition coefficient (Wildman–Crippen LogP) is 3.00. The van der Waals surface area contributed by atoms with Crippen LogP contribution in [0.25, 0.3) is 10.9 Å². The maximum atomic E-state index is 12.8. The van der Waals surface area contributed by atoms with Gasteiger partial charge in [0.05, 0.1) is 18.7 Å². The molecule has 1 aromatic heterocycles. The lowest BCUT2D eigenvalue weighted by Gasteiger charge is -2.35. The van der Waals surface area contributed by atoms with E-state index in [0.29, 0.717) is 6.54 Å². The summed E-state index contributed by atoms with van der Waals surface area (Å²) in [5, 5.41) is 0.859. The average Bonchev–Trinajstić information content (AvgIpc) is 2.46. The Morgan fingerprint density at radius 2 is 2.00 bits per heavy atom. The van der Waals surface area contributed by atoms with Gasteiger partial charge in [0.15, 0.2) is 6.10 Å². The number of pyridine rings is 1. The fourth-order valence-electron chi connectivity index (χ4n) is 2.42. The van der Waals surface area contributed by atoms with Gasteiger partial charge in [-0.05, 0) is 12.1 Å². The van der Waals surface area contributed by atoms with Gasteiger partial charge < -0.3 is 9.64 Å². The highest BCUT2D eigenvalue weighted by atomic mass is 19.4. The molecule has 0 bridgehead atoms. The largest absolute Gasteiger partial charge is 0.416 e. The zero-order valence-electron chi connectivity index (χ0n) is 10.6. The first-order valence-electron chi connectivity index (χ1n) is 6.33. The van der Waals surface area contributed by atoms with Crippen LogP contribution in [0, 0.1) is 0 Å². The van der Waals surface area contributed by atoms with Crippen LogP contribution in [0.5, 0.6) is 0 Å². The van der Waals surface area contributed by atoms with Gasteiger partial charge in [-0.15, -0.1) is 0 Å². The van der Waals surface area contributed by atoms with E-state index in [1.165, 1.54) is 0 Å². The SMILES string of the molecule is FC(F)(F)C1CN(c2ccnc3ccccc23)CCO1. The summed E-state index contributed by atoms with van der Waals surface area (Å²) in [4.78, 5) is 5.94. The molecule has 0 spiro atoms. The Morgan fingerprint density at radius 3 is 2.80 bits per heavy atom. The molecule has 2 heterocycles. The minimum absolute atomic E-state index is 0.0703. The summed E-state index contributed by atoms with van der Waals surface area (Å²) in [6.07, 6.45) is -4.44. The lowest BCUT2D eigenvalue weighted by atomic mass is 10.1. The molecule has 0 N–H and O–H groups in total. The molecule has 0 aliphatic carbocycles. The summed E-state index contributed by atoms with van der Waals surface area (Å²) in [6, 6.07) is 9.18. The number of aromatic nitrogens is 1. The first kappa shape index (κ1) is 13.2. The number of morpholine rings is 1. The van der Waals surface area contributed by atoms with Crippen molar-refractivity contribution in [2.45, 2.75) is 12.3 Å². The van der Waals surface area contributed by atoms with Gasteiger partial charge in [-0.2, -0.15) is 13.2 Å². The van der Waals surface area contributed by atoms with Gasteiger partial charge >= 0.3 is 6.18 Å². The molecule has 0 radical (unpaired) electrons. The highest BCUT2D eigenvalue weighted by Gasteiger charge is 2.43. The topological polar surface area (TPSA) is 25.4 Å². The molecule has 2 aromatic rings. The number of hydrogen-bond acceptors (Lipinski definition) is 3. The number of rotatable bonds is 1. The minimum Gasteiger partial charge on any atom is -0.366 e. The minimum atomic E-state index is -4.33. The fraction of sp³-hybridized carbons (Fsp3) is 0.357. The molecule has 3 rings (SSSR count). The van der Waals surface area contributed by atoms with E-state index < -0.39 is 12.3 Å². The van der Waals surface area contributed by atoms with E-state index in [9.17, 15) is 13.2 Å². The zero-order chi connectivity index (χ0) is 14.2. The average molecular weight is 282 g/mol. The number of benzene rings is 1.